The number of hydrogen-bond acceptors (Lipinski definition) is 3. The van der Waals surface area contributed by atoms with E-state index in [-0.39, 0.29) is 17.6 Å². The zero-order chi connectivity index (χ0) is 18.0. The maximum Gasteiger partial charge on any atom is 0.323 e. The Bertz CT molecular complexity index is 770. The number of nitrogens with one attached hydrogen (secondary N) is 2. The van der Waals surface area contributed by atoms with Crippen molar-refractivity contribution in [2.75, 3.05) is 27.2 Å². The molecule has 1 aromatic carbocycles. The number of likely N-dealkylation sites (tertiary alicyclic amines) is 1. The predicted molar refractivity (Wildman–Crippen MR) is 97.8 cm³/mol. The lowest BCUT2D eigenvalue weighted by Crippen LogP contribution is -2.36. The SMILES string of the molecule is CC(c1[nH]c(=O)[nH]c1C(=O)N(C)C)N1CCC(c2ccccc2)CC1. The van der Waals surface area contributed by atoms with Crippen molar-refractivity contribution in [3.63, 3.8) is 0 Å². The maximum absolute atomic E-state index is 12.3. The summed E-state index contributed by atoms with van der Waals surface area (Å²) in [6.07, 6.45) is 2.17. The molecule has 3 rings (SSSR count). The summed E-state index contributed by atoms with van der Waals surface area (Å²) in [5, 5.41) is 0. The molecule has 1 aromatic heterocycles. The fourth-order valence-corrected chi connectivity index (χ4v) is 3.63. The maximum atomic E-state index is 12.3. The summed E-state index contributed by atoms with van der Waals surface area (Å²) in [5.74, 6) is 0.400. The molecule has 1 fully saturated rings. The lowest BCUT2D eigenvalue weighted by molar-refractivity contribution is 0.0816. The smallest absolute Gasteiger partial charge is 0.323 e. The van der Waals surface area contributed by atoms with Crippen molar-refractivity contribution in [3.05, 3.63) is 57.8 Å². The van der Waals surface area contributed by atoms with E-state index in [1.807, 2.05) is 13.0 Å². The standard InChI is InChI=1S/C19H26N4O2/c1-13(16-17(18(24)22(2)3)21-19(25)20-16)23-11-9-15(10-12-23)14-7-5-4-6-8-14/h4-8,13,15H,9-12H2,1-3H3,(H2,20,21,25). The molecule has 6 heteroatoms. The van der Waals surface area contributed by atoms with Gasteiger partial charge in [-0.25, -0.2) is 4.79 Å². The number of piperidine rings is 1. The number of nitrogens with zero attached hydrogens (tertiary/aromatic N) is 2. The molecule has 25 heavy (non-hydrogen) atoms. The van der Waals surface area contributed by atoms with Gasteiger partial charge in [0.1, 0.15) is 5.69 Å². The van der Waals surface area contributed by atoms with Gasteiger partial charge in [0.25, 0.3) is 5.91 Å². The number of aromatic nitrogens is 2. The highest BCUT2D eigenvalue weighted by atomic mass is 16.2. The van der Waals surface area contributed by atoms with E-state index in [9.17, 15) is 9.59 Å². The minimum absolute atomic E-state index is 0.00502. The average Bonchev–Trinajstić information content (AvgIpc) is 3.03. The molecule has 1 atom stereocenters. The van der Waals surface area contributed by atoms with Crippen molar-refractivity contribution in [2.24, 2.45) is 0 Å². The second-order valence-corrected chi connectivity index (χ2v) is 6.96. The Kier molecular flexibility index (Phi) is 5.08. The van der Waals surface area contributed by atoms with Gasteiger partial charge in [-0.15, -0.1) is 0 Å². The Morgan fingerprint density at radius 1 is 1.16 bits per heavy atom. The van der Waals surface area contributed by atoms with Crippen LogP contribution in [-0.2, 0) is 0 Å². The number of carbonyl (C=O) groups excluding carboxylic acids is 1. The first kappa shape index (κ1) is 17.5. The van der Waals surface area contributed by atoms with Crippen LogP contribution in [0.2, 0.25) is 0 Å². The van der Waals surface area contributed by atoms with Gasteiger partial charge in [0.2, 0.25) is 0 Å². The van der Waals surface area contributed by atoms with E-state index in [1.54, 1.807) is 14.1 Å². The van der Waals surface area contributed by atoms with Crippen LogP contribution in [0.1, 0.15) is 53.5 Å². The van der Waals surface area contributed by atoms with E-state index in [4.69, 9.17) is 0 Å². The quantitative estimate of drug-likeness (QED) is 0.896. The first-order valence-corrected chi connectivity index (χ1v) is 8.80. The van der Waals surface area contributed by atoms with Crippen LogP contribution in [0, 0.1) is 0 Å². The van der Waals surface area contributed by atoms with Gasteiger partial charge in [-0.1, -0.05) is 30.3 Å². The molecule has 1 saturated heterocycles. The summed E-state index contributed by atoms with van der Waals surface area (Å²) in [6.45, 7) is 3.95. The first-order chi connectivity index (χ1) is 12.0. The average molecular weight is 342 g/mol. The van der Waals surface area contributed by atoms with E-state index in [0.717, 1.165) is 25.9 Å². The summed E-state index contributed by atoms with van der Waals surface area (Å²) >= 11 is 0. The Morgan fingerprint density at radius 3 is 2.40 bits per heavy atom. The van der Waals surface area contributed by atoms with Crippen LogP contribution in [0.5, 0.6) is 0 Å². The van der Waals surface area contributed by atoms with Crippen LogP contribution in [0.4, 0.5) is 0 Å². The van der Waals surface area contributed by atoms with Crippen molar-refractivity contribution in [2.45, 2.75) is 31.7 Å². The Balaban J connectivity index is 1.72. The van der Waals surface area contributed by atoms with Crippen LogP contribution in [0.25, 0.3) is 0 Å². The van der Waals surface area contributed by atoms with Crippen molar-refractivity contribution < 1.29 is 4.79 Å². The van der Waals surface area contributed by atoms with Crippen LogP contribution in [0.15, 0.2) is 35.1 Å². The molecule has 0 aliphatic carbocycles. The predicted octanol–water partition coefficient (Wildman–Crippen LogP) is 2.35. The molecule has 0 radical (unpaired) electrons. The zero-order valence-corrected chi connectivity index (χ0v) is 15.1. The number of aromatic amines is 2. The normalized spacial score (nSPS) is 17.4. The van der Waals surface area contributed by atoms with Gasteiger partial charge in [-0.2, -0.15) is 0 Å². The third kappa shape index (κ3) is 3.69. The van der Waals surface area contributed by atoms with Crippen LogP contribution in [0.3, 0.4) is 0 Å². The minimum Gasteiger partial charge on any atom is -0.343 e. The topological polar surface area (TPSA) is 72.2 Å². The second-order valence-electron chi connectivity index (χ2n) is 6.96. The summed E-state index contributed by atoms with van der Waals surface area (Å²) < 4.78 is 0. The zero-order valence-electron chi connectivity index (χ0n) is 15.1. The van der Waals surface area contributed by atoms with Crippen molar-refractivity contribution in [1.29, 1.82) is 0 Å². The van der Waals surface area contributed by atoms with Crippen LogP contribution < -0.4 is 5.69 Å². The molecule has 1 aliphatic heterocycles. The van der Waals surface area contributed by atoms with Gasteiger partial charge < -0.3 is 14.9 Å². The molecular weight excluding hydrogens is 316 g/mol. The molecule has 0 bridgehead atoms. The molecule has 0 saturated carbocycles. The van der Waals surface area contributed by atoms with Crippen molar-refractivity contribution in [3.8, 4) is 0 Å². The van der Waals surface area contributed by atoms with E-state index in [1.165, 1.54) is 10.5 Å². The van der Waals surface area contributed by atoms with Crippen molar-refractivity contribution >= 4 is 5.91 Å². The number of rotatable bonds is 4. The molecular formula is C19H26N4O2. The number of imidazole rings is 1. The molecule has 2 N–H and O–H groups in total. The molecule has 2 heterocycles. The fourth-order valence-electron chi connectivity index (χ4n) is 3.63. The van der Waals surface area contributed by atoms with Crippen LogP contribution >= 0.6 is 0 Å². The highest BCUT2D eigenvalue weighted by Gasteiger charge is 2.28. The molecule has 6 nitrogen and oxygen atoms in total. The summed E-state index contributed by atoms with van der Waals surface area (Å²) in [4.78, 5) is 33.4. The molecule has 2 aromatic rings. The summed E-state index contributed by atoms with van der Waals surface area (Å²) in [6, 6.07) is 10.6. The molecule has 1 aliphatic rings. The Labute approximate surface area is 147 Å². The van der Waals surface area contributed by atoms with Gasteiger partial charge in [-0.05, 0) is 44.3 Å². The second kappa shape index (κ2) is 7.27. The lowest BCUT2D eigenvalue weighted by atomic mass is 9.89. The van der Waals surface area contributed by atoms with Gasteiger partial charge in [-0.3, -0.25) is 9.69 Å². The van der Waals surface area contributed by atoms with E-state index in [2.05, 4.69) is 39.1 Å². The molecule has 0 spiro atoms. The number of amides is 1. The highest BCUT2D eigenvalue weighted by Crippen LogP contribution is 2.32. The van der Waals surface area contributed by atoms with Crippen LogP contribution in [-0.4, -0.2) is 52.9 Å². The number of benzene rings is 1. The molecule has 134 valence electrons. The van der Waals surface area contributed by atoms with Gasteiger partial charge in [0.15, 0.2) is 0 Å². The number of H-pyrrole nitrogens is 2. The molecule has 1 unspecified atom stereocenters. The van der Waals surface area contributed by atoms with E-state index < -0.39 is 0 Å². The highest BCUT2D eigenvalue weighted by molar-refractivity contribution is 5.93. The van der Waals surface area contributed by atoms with Gasteiger partial charge in [0.05, 0.1) is 5.69 Å². The van der Waals surface area contributed by atoms with E-state index >= 15 is 0 Å². The third-order valence-corrected chi connectivity index (χ3v) is 5.14. The largest absolute Gasteiger partial charge is 0.343 e. The molecule has 1 amide bonds. The summed E-state index contributed by atoms with van der Waals surface area (Å²) in [7, 11) is 3.38. The fraction of sp³-hybridized carbons (Fsp3) is 0.474. The Morgan fingerprint density at radius 2 is 1.80 bits per heavy atom. The first-order valence-electron chi connectivity index (χ1n) is 8.80. The third-order valence-electron chi connectivity index (χ3n) is 5.14. The monoisotopic (exact) mass is 342 g/mol. The van der Waals surface area contributed by atoms with Gasteiger partial charge in [0, 0.05) is 20.1 Å². The Hall–Kier alpha value is -2.34. The van der Waals surface area contributed by atoms with Crippen molar-refractivity contribution in [1.82, 2.24) is 19.8 Å². The number of hydrogen-bond donors (Lipinski definition) is 2. The number of carbonyl (C=O) groups is 1. The van der Waals surface area contributed by atoms with E-state index in [0.29, 0.717) is 17.3 Å². The minimum atomic E-state index is -0.328. The lowest BCUT2D eigenvalue weighted by Gasteiger charge is -2.36. The summed E-state index contributed by atoms with van der Waals surface area (Å²) in [5.41, 5.74) is 2.12. The van der Waals surface area contributed by atoms with Gasteiger partial charge >= 0.3 is 5.69 Å².